The second kappa shape index (κ2) is 13.0. The van der Waals surface area contributed by atoms with Crippen molar-refractivity contribution in [2.24, 2.45) is 0 Å². The SMILES string of the molecule is CC(=O)c1ccc(-c2ccc3c(c2)CC2CCNCCN32)cc1.c1ccc2cc(-c3ccc4c(c3)CC3CCNCCN43)ccc2c1. The second-order valence-electron chi connectivity index (χ2n) is 13.6. The van der Waals surface area contributed by atoms with E-state index in [4.69, 9.17) is 0 Å². The van der Waals surface area contributed by atoms with E-state index in [1.54, 1.807) is 6.92 Å². The molecule has 5 heteroatoms. The Morgan fingerprint density at radius 3 is 1.68 bits per heavy atom. The van der Waals surface area contributed by atoms with E-state index < -0.39 is 0 Å². The molecule has 5 nitrogen and oxygen atoms in total. The van der Waals surface area contributed by atoms with Crippen LogP contribution in [0.4, 0.5) is 11.4 Å². The molecule has 2 saturated heterocycles. The summed E-state index contributed by atoms with van der Waals surface area (Å²) in [5.41, 5.74) is 11.7. The van der Waals surface area contributed by atoms with Crippen molar-refractivity contribution < 1.29 is 4.79 Å². The maximum atomic E-state index is 11.4. The highest BCUT2D eigenvalue weighted by Gasteiger charge is 2.31. The number of carbonyl (C=O) groups is 1. The van der Waals surface area contributed by atoms with Gasteiger partial charge in [0.25, 0.3) is 0 Å². The lowest BCUT2D eigenvalue weighted by atomic mass is 9.98. The van der Waals surface area contributed by atoms with Crippen LogP contribution in [0.1, 0.15) is 41.3 Å². The smallest absolute Gasteiger partial charge is 0.159 e. The van der Waals surface area contributed by atoms with Gasteiger partial charge in [-0.2, -0.15) is 0 Å². The maximum Gasteiger partial charge on any atom is 0.159 e. The monoisotopic (exact) mass is 620 g/mol. The number of hydrogen-bond donors (Lipinski definition) is 2. The standard InChI is InChI=1S/C22H22N2.C20H22N2O/c1-2-4-17-13-18(6-5-16(17)3-1)19-7-8-22-20(14-19)15-21-9-10-23-11-12-24(21)22;1-14(23)15-2-4-16(5-3-15)17-6-7-20-18(12-17)13-19-8-9-21-10-11-22(19)20/h1-8,13-14,21,23H,9-12,15H2;2-7,12,19,21H,8-11,13H2,1H3. The van der Waals surface area contributed by atoms with Crippen molar-refractivity contribution in [1.29, 1.82) is 0 Å². The first-order valence-corrected chi connectivity index (χ1v) is 17.4. The fourth-order valence-electron chi connectivity index (χ4n) is 8.11. The minimum absolute atomic E-state index is 0.118. The zero-order chi connectivity index (χ0) is 31.7. The summed E-state index contributed by atoms with van der Waals surface area (Å²) in [6.07, 6.45) is 4.81. The third-order valence-electron chi connectivity index (χ3n) is 10.6. The quantitative estimate of drug-likeness (QED) is 0.205. The van der Waals surface area contributed by atoms with Gasteiger partial charge in [0.1, 0.15) is 0 Å². The summed E-state index contributed by atoms with van der Waals surface area (Å²) in [5, 5.41) is 9.63. The molecule has 0 spiro atoms. The molecule has 0 saturated carbocycles. The van der Waals surface area contributed by atoms with Crippen LogP contribution in [0.5, 0.6) is 0 Å². The Bertz CT molecular complexity index is 1910. The Hall–Kier alpha value is -4.45. The van der Waals surface area contributed by atoms with E-state index in [1.807, 2.05) is 12.1 Å². The molecule has 0 bridgehead atoms. The van der Waals surface area contributed by atoms with Crippen molar-refractivity contribution in [3.05, 3.63) is 120 Å². The van der Waals surface area contributed by atoms with Gasteiger partial charge in [-0.3, -0.25) is 4.79 Å². The predicted octanol–water partition coefficient (Wildman–Crippen LogP) is 7.51. The highest BCUT2D eigenvalue weighted by Crippen LogP contribution is 2.38. The number of anilines is 2. The van der Waals surface area contributed by atoms with Crippen LogP contribution >= 0.6 is 0 Å². The minimum Gasteiger partial charge on any atom is -0.367 e. The topological polar surface area (TPSA) is 47.6 Å². The van der Waals surface area contributed by atoms with Crippen molar-refractivity contribution >= 4 is 27.9 Å². The number of nitrogens with zero attached hydrogens (tertiary/aromatic N) is 2. The van der Waals surface area contributed by atoms with Crippen molar-refractivity contribution in [2.45, 2.75) is 44.7 Å². The Labute approximate surface area is 278 Å². The maximum absolute atomic E-state index is 11.4. The van der Waals surface area contributed by atoms with Crippen molar-refractivity contribution in [2.75, 3.05) is 49.1 Å². The van der Waals surface area contributed by atoms with Crippen LogP contribution in [0.25, 0.3) is 33.0 Å². The summed E-state index contributed by atoms with van der Waals surface area (Å²) in [6, 6.07) is 38.5. The molecular formula is C42H44N4O. The van der Waals surface area contributed by atoms with Crippen LogP contribution in [0.3, 0.4) is 0 Å². The largest absolute Gasteiger partial charge is 0.367 e. The normalized spacial score (nSPS) is 19.9. The third-order valence-corrected chi connectivity index (χ3v) is 10.6. The van der Waals surface area contributed by atoms with Crippen LogP contribution in [0, 0.1) is 0 Å². The van der Waals surface area contributed by atoms with E-state index in [1.165, 1.54) is 74.8 Å². The average molecular weight is 621 g/mol. The molecule has 9 rings (SSSR count). The van der Waals surface area contributed by atoms with Gasteiger partial charge in [-0.05, 0) is 120 Å². The van der Waals surface area contributed by atoms with Crippen LogP contribution in [-0.2, 0) is 12.8 Å². The molecular weight excluding hydrogens is 576 g/mol. The molecule has 0 aliphatic carbocycles. The lowest BCUT2D eigenvalue weighted by Crippen LogP contribution is -2.32. The molecule has 0 aromatic heterocycles. The minimum atomic E-state index is 0.118. The van der Waals surface area contributed by atoms with Crippen LogP contribution in [-0.4, -0.2) is 57.1 Å². The van der Waals surface area contributed by atoms with Gasteiger partial charge >= 0.3 is 0 Å². The van der Waals surface area contributed by atoms with Crippen molar-refractivity contribution in [3.63, 3.8) is 0 Å². The van der Waals surface area contributed by atoms with E-state index in [9.17, 15) is 4.79 Å². The molecule has 0 amide bonds. The van der Waals surface area contributed by atoms with Crippen molar-refractivity contribution in [1.82, 2.24) is 10.6 Å². The Kier molecular flexibility index (Phi) is 8.26. The second-order valence-corrected chi connectivity index (χ2v) is 13.6. The summed E-state index contributed by atoms with van der Waals surface area (Å²) >= 11 is 0. The number of ketones is 1. The molecule has 5 aromatic rings. The number of carbonyl (C=O) groups excluding carboxylic acids is 1. The third kappa shape index (κ3) is 6.06. The number of Topliss-reactive ketones (excluding diaryl/α,β-unsaturated/α-hetero) is 1. The van der Waals surface area contributed by atoms with Crippen LogP contribution in [0.2, 0.25) is 0 Å². The van der Waals surface area contributed by atoms with Crippen molar-refractivity contribution in [3.8, 4) is 22.3 Å². The summed E-state index contributed by atoms with van der Waals surface area (Å²) in [6.45, 7) is 8.28. The lowest BCUT2D eigenvalue weighted by molar-refractivity contribution is 0.101. The average Bonchev–Trinajstić information content (AvgIpc) is 3.40. The number of benzene rings is 5. The Morgan fingerprint density at radius 2 is 1.09 bits per heavy atom. The molecule has 2 atom stereocenters. The Morgan fingerprint density at radius 1 is 0.574 bits per heavy atom. The zero-order valence-electron chi connectivity index (χ0n) is 27.3. The van der Waals surface area contributed by atoms with Gasteiger partial charge < -0.3 is 20.4 Å². The number of fused-ring (bicyclic) bond motifs is 7. The summed E-state index contributed by atoms with van der Waals surface area (Å²) in [5.74, 6) is 0.118. The van der Waals surface area contributed by atoms with E-state index in [0.717, 1.165) is 51.3 Å². The lowest BCUT2D eigenvalue weighted by Gasteiger charge is -2.24. The fraction of sp³-hybridized carbons (Fsp3) is 0.310. The number of hydrogen-bond acceptors (Lipinski definition) is 5. The summed E-state index contributed by atoms with van der Waals surface area (Å²) in [7, 11) is 0. The molecule has 47 heavy (non-hydrogen) atoms. The van der Waals surface area contributed by atoms with E-state index in [2.05, 4.69) is 111 Å². The van der Waals surface area contributed by atoms with Gasteiger partial charge in [-0.25, -0.2) is 0 Å². The number of rotatable bonds is 3. The molecule has 4 aliphatic rings. The summed E-state index contributed by atoms with van der Waals surface area (Å²) in [4.78, 5) is 16.6. The first kappa shape index (κ1) is 29.9. The van der Waals surface area contributed by atoms with E-state index >= 15 is 0 Å². The molecule has 4 aliphatic heterocycles. The molecule has 4 heterocycles. The van der Waals surface area contributed by atoms with Gasteiger partial charge in [-0.15, -0.1) is 0 Å². The molecule has 5 aromatic carbocycles. The van der Waals surface area contributed by atoms with Gasteiger partial charge in [0, 0.05) is 55.2 Å². The highest BCUT2D eigenvalue weighted by molar-refractivity contribution is 5.94. The van der Waals surface area contributed by atoms with Gasteiger partial charge in [-0.1, -0.05) is 72.8 Å². The van der Waals surface area contributed by atoms with E-state index in [-0.39, 0.29) is 5.78 Å². The first-order chi connectivity index (χ1) is 23.1. The molecule has 2 N–H and O–H groups in total. The van der Waals surface area contributed by atoms with Gasteiger partial charge in [0.15, 0.2) is 5.78 Å². The van der Waals surface area contributed by atoms with E-state index in [0.29, 0.717) is 12.1 Å². The van der Waals surface area contributed by atoms with Gasteiger partial charge in [0.2, 0.25) is 0 Å². The van der Waals surface area contributed by atoms with Crippen LogP contribution < -0.4 is 20.4 Å². The highest BCUT2D eigenvalue weighted by atomic mass is 16.1. The van der Waals surface area contributed by atoms with Gasteiger partial charge in [0.05, 0.1) is 0 Å². The predicted molar refractivity (Wildman–Crippen MR) is 196 cm³/mol. The van der Waals surface area contributed by atoms with Crippen LogP contribution in [0.15, 0.2) is 103 Å². The molecule has 2 unspecified atom stereocenters. The Balaban J connectivity index is 0.000000138. The molecule has 2 fully saturated rings. The fourth-order valence-corrected chi connectivity index (χ4v) is 8.11. The molecule has 238 valence electrons. The number of nitrogens with one attached hydrogen (secondary N) is 2. The first-order valence-electron chi connectivity index (χ1n) is 17.4. The summed E-state index contributed by atoms with van der Waals surface area (Å²) < 4.78 is 0. The molecule has 0 radical (unpaired) electrons. The zero-order valence-corrected chi connectivity index (χ0v) is 27.3.